The van der Waals surface area contributed by atoms with Crippen molar-refractivity contribution >= 4 is 0 Å². The molecule has 1 atom stereocenters. The number of halogens is 3. The SMILES string of the molecule is Cc1cc(C(F)(F)F)ccc1CCC(O)C1CC1. The highest BCUT2D eigenvalue weighted by Gasteiger charge is 2.31. The molecule has 0 amide bonds. The van der Waals surface area contributed by atoms with Gasteiger partial charge in [0.05, 0.1) is 11.7 Å². The maximum Gasteiger partial charge on any atom is 0.416 e. The molecule has 1 nitrogen and oxygen atoms in total. The second kappa shape index (κ2) is 4.92. The minimum Gasteiger partial charge on any atom is -0.393 e. The average molecular weight is 258 g/mol. The van der Waals surface area contributed by atoms with Crippen molar-refractivity contribution in [2.24, 2.45) is 5.92 Å². The molecule has 0 radical (unpaired) electrons. The number of benzene rings is 1. The number of aliphatic hydroxyl groups excluding tert-OH is 1. The number of rotatable bonds is 4. The van der Waals surface area contributed by atoms with Crippen molar-refractivity contribution in [3.05, 3.63) is 34.9 Å². The van der Waals surface area contributed by atoms with E-state index in [9.17, 15) is 18.3 Å². The zero-order valence-corrected chi connectivity index (χ0v) is 10.3. The number of aryl methyl sites for hydroxylation is 2. The number of hydrogen-bond acceptors (Lipinski definition) is 1. The normalized spacial score (nSPS) is 17.8. The Balaban J connectivity index is 2.00. The first-order chi connectivity index (χ1) is 8.38. The van der Waals surface area contributed by atoms with Crippen molar-refractivity contribution in [2.75, 3.05) is 0 Å². The van der Waals surface area contributed by atoms with Crippen LogP contribution in [0.5, 0.6) is 0 Å². The highest BCUT2D eigenvalue weighted by molar-refractivity contribution is 5.32. The molecule has 100 valence electrons. The van der Waals surface area contributed by atoms with Gasteiger partial charge in [-0.15, -0.1) is 0 Å². The van der Waals surface area contributed by atoms with Gasteiger partial charge >= 0.3 is 6.18 Å². The van der Waals surface area contributed by atoms with E-state index >= 15 is 0 Å². The van der Waals surface area contributed by atoms with Crippen LogP contribution in [0.2, 0.25) is 0 Å². The topological polar surface area (TPSA) is 20.2 Å². The maximum absolute atomic E-state index is 12.5. The molecule has 1 aromatic rings. The summed E-state index contributed by atoms with van der Waals surface area (Å²) >= 11 is 0. The zero-order valence-electron chi connectivity index (χ0n) is 10.3. The van der Waals surface area contributed by atoms with Gasteiger partial charge < -0.3 is 5.11 Å². The van der Waals surface area contributed by atoms with E-state index in [-0.39, 0.29) is 6.10 Å². The standard InChI is InChI=1S/C14H17F3O/c1-9-8-12(14(15,16)17)6-4-10(9)5-7-13(18)11-2-3-11/h4,6,8,11,13,18H,2-3,5,7H2,1H3. The Hall–Kier alpha value is -1.03. The Labute approximate surface area is 105 Å². The van der Waals surface area contributed by atoms with Crippen molar-refractivity contribution < 1.29 is 18.3 Å². The molecule has 1 aliphatic carbocycles. The number of aliphatic hydroxyl groups is 1. The summed E-state index contributed by atoms with van der Waals surface area (Å²) in [5.41, 5.74) is 0.932. The summed E-state index contributed by atoms with van der Waals surface area (Å²) in [6, 6.07) is 3.82. The van der Waals surface area contributed by atoms with E-state index in [2.05, 4.69) is 0 Å². The molecule has 0 spiro atoms. The molecular weight excluding hydrogens is 241 g/mol. The Kier molecular flexibility index (Phi) is 3.66. The third-order valence-corrected chi connectivity index (χ3v) is 3.55. The Bertz CT molecular complexity index is 422. The first-order valence-electron chi connectivity index (χ1n) is 6.22. The molecular formula is C14H17F3O. The van der Waals surface area contributed by atoms with Crippen molar-refractivity contribution in [3.8, 4) is 0 Å². The fourth-order valence-electron chi connectivity index (χ4n) is 2.17. The molecule has 0 aromatic heterocycles. The van der Waals surface area contributed by atoms with Crippen molar-refractivity contribution in [2.45, 2.75) is 44.9 Å². The third-order valence-electron chi connectivity index (χ3n) is 3.55. The largest absolute Gasteiger partial charge is 0.416 e. The van der Waals surface area contributed by atoms with Crippen LogP contribution in [0.4, 0.5) is 13.2 Å². The third kappa shape index (κ3) is 3.25. The summed E-state index contributed by atoms with van der Waals surface area (Å²) in [6.07, 6.45) is -1.15. The molecule has 0 bridgehead atoms. The van der Waals surface area contributed by atoms with E-state index in [1.54, 1.807) is 6.92 Å². The molecule has 0 heterocycles. The quantitative estimate of drug-likeness (QED) is 0.872. The molecule has 1 aliphatic rings. The summed E-state index contributed by atoms with van der Waals surface area (Å²) in [5, 5.41) is 9.74. The average Bonchev–Trinajstić information content (AvgIpc) is 3.09. The molecule has 1 unspecified atom stereocenters. The minimum absolute atomic E-state index is 0.299. The first kappa shape index (κ1) is 13.4. The Morgan fingerprint density at radius 3 is 2.50 bits per heavy atom. The van der Waals surface area contributed by atoms with E-state index in [1.165, 1.54) is 12.1 Å². The van der Waals surface area contributed by atoms with Gasteiger partial charge in [-0.2, -0.15) is 13.2 Å². The summed E-state index contributed by atoms with van der Waals surface area (Å²) in [7, 11) is 0. The Morgan fingerprint density at radius 1 is 1.33 bits per heavy atom. The fraction of sp³-hybridized carbons (Fsp3) is 0.571. The second-order valence-electron chi connectivity index (χ2n) is 5.08. The Morgan fingerprint density at radius 2 is 2.00 bits per heavy atom. The van der Waals surface area contributed by atoms with Crippen molar-refractivity contribution in [1.29, 1.82) is 0 Å². The molecule has 1 N–H and O–H groups in total. The maximum atomic E-state index is 12.5. The van der Waals surface area contributed by atoms with Gasteiger partial charge in [0, 0.05) is 0 Å². The van der Waals surface area contributed by atoms with E-state index in [4.69, 9.17) is 0 Å². The molecule has 1 fully saturated rings. The highest BCUT2D eigenvalue weighted by Crippen LogP contribution is 2.35. The van der Waals surface area contributed by atoms with Crippen LogP contribution in [-0.2, 0) is 12.6 Å². The van der Waals surface area contributed by atoms with Gasteiger partial charge in [-0.05, 0) is 61.8 Å². The van der Waals surface area contributed by atoms with Crippen molar-refractivity contribution in [3.63, 3.8) is 0 Å². The van der Waals surface area contributed by atoms with E-state index in [0.717, 1.165) is 24.5 Å². The number of alkyl halides is 3. The first-order valence-corrected chi connectivity index (χ1v) is 6.22. The zero-order chi connectivity index (χ0) is 13.3. The van der Waals surface area contributed by atoms with Gasteiger partial charge in [0.1, 0.15) is 0 Å². The van der Waals surface area contributed by atoms with Crippen LogP contribution in [-0.4, -0.2) is 11.2 Å². The van der Waals surface area contributed by atoms with Gasteiger partial charge in [-0.3, -0.25) is 0 Å². The van der Waals surface area contributed by atoms with Crippen LogP contribution in [0.3, 0.4) is 0 Å². The smallest absolute Gasteiger partial charge is 0.393 e. The summed E-state index contributed by atoms with van der Waals surface area (Å²) in [4.78, 5) is 0. The van der Waals surface area contributed by atoms with Crippen LogP contribution in [0, 0.1) is 12.8 Å². The highest BCUT2D eigenvalue weighted by atomic mass is 19.4. The van der Waals surface area contributed by atoms with Crippen LogP contribution in [0.1, 0.15) is 36.0 Å². The van der Waals surface area contributed by atoms with Gasteiger partial charge in [0.15, 0.2) is 0 Å². The van der Waals surface area contributed by atoms with Gasteiger partial charge in [-0.25, -0.2) is 0 Å². The van der Waals surface area contributed by atoms with Crippen LogP contribution in [0.15, 0.2) is 18.2 Å². The molecule has 1 saturated carbocycles. The number of hydrogen-bond donors (Lipinski definition) is 1. The van der Waals surface area contributed by atoms with Gasteiger partial charge in [0.25, 0.3) is 0 Å². The lowest BCUT2D eigenvalue weighted by Gasteiger charge is -2.13. The lowest BCUT2D eigenvalue weighted by Crippen LogP contribution is -2.11. The van der Waals surface area contributed by atoms with Gasteiger partial charge in [-0.1, -0.05) is 6.07 Å². The van der Waals surface area contributed by atoms with E-state index in [1.807, 2.05) is 0 Å². The summed E-state index contributed by atoms with van der Waals surface area (Å²) in [5.74, 6) is 0.416. The molecule has 2 rings (SSSR count). The van der Waals surface area contributed by atoms with Gasteiger partial charge in [0.2, 0.25) is 0 Å². The van der Waals surface area contributed by atoms with Crippen molar-refractivity contribution in [1.82, 2.24) is 0 Å². The molecule has 18 heavy (non-hydrogen) atoms. The summed E-state index contributed by atoms with van der Waals surface area (Å²) in [6.45, 7) is 1.69. The van der Waals surface area contributed by atoms with E-state index in [0.29, 0.717) is 24.3 Å². The minimum atomic E-state index is -4.28. The fourth-order valence-corrected chi connectivity index (χ4v) is 2.17. The predicted molar refractivity (Wildman–Crippen MR) is 63.2 cm³/mol. The predicted octanol–water partition coefficient (Wildman–Crippen LogP) is 3.72. The molecule has 0 aliphatic heterocycles. The van der Waals surface area contributed by atoms with Crippen LogP contribution >= 0.6 is 0 Å². The van der Waals surface area contributed by atoms with Crippen LogP contribution < -0.4 is 0 Å². The monoisotopic (exact) mass is 258 g/mol. The lowest BCUT2D eigenvalue weighted by atomic mass is 9.98. The van der Waals surface area contributed by atoms with Crippen LogP contribution in [0.25, 0.3) is 0 Å². The molecule has 0 saturated heterocycles. The second-order valence-corrected chi connectivity index (χ2v) is 5.08. The molecule has 1 aromatic carbocycles. The summed E-state index contributed by atoms with van der Waals surface area (Å²) < 4.78 is 37.5. The lowest BCUT2D eigenvalue weighted by molar-refractivity contribution is -0.137. The van der Waals surface area contributed by atoms with E-state index < -0.39 is 11.7 Å². The molecule has 4 heteroatoms.